The number of nitrogens with zero attached hydrogens (tertiary/aromatic N) is 2. The maximum atomic E-state index is 10.9. The average molecular weight is 245 g/mol. The molecule has 0 aliphatic carbocycles. The van der Waals surface area contributed by atoms with E-state index < -0.39 is 0 Å². The van der Waals surface area contributed by atoms with Crippen LogP contribution in [-0.4, -0.2) is 28.3 Å². The summed E-state index contributed by atoms with van der Waals surface area (Å²) in [4.78, 5) is 10.6. The fourth-order valence-electron chi connectivity index (χ4n) is 3.25. The highest BCUT2D eigenvalue weighted by Gasteiger charge is 2.40. The second-order valence-corrected chi connectivity index (χ2v) is 5.84. The van der Waals surface area contributed by atoms with Gasteiger partial charge in [0, 0.05) is 30.4 Å². The third-order valence-electron chi connectivity index (χ3n) is 4.06. The summed E-state index contributed by atoms with van der Waals surface area (Å²) in [6.45, 7) is 6.54. The summed E-state index contributed by atoms with van der Waals surface area (Å²) in [5.41, 5.74) is 3.91. The smallest absolute Gasteiger partial charge is 0.258 e. The van der Waals surface area contributed by atoms with Crippen LogP contribution in [0.2, 0.25) is 0 Å². The van der Waals surface area contributed by atoms with Crippen molar-refractivity contribution in [3.63, 3.8) is 0 Å². The minimum atomic E-state index is -0.304. The maximum Gasteiger partial charge on any atom is 0.270 e. The highest BCUT2D eigenvalue weighted by atomic mass is 16.6. The van der Waals surface area contributed by atoms with Crippen molar-refractivity contribution in [2.45, 2.75) is 32.1 Å². The van der Waals surface area contributed by atoms with Crippen LogP contribution in [0.4, 0.5) is 5.69 Å². The van der Waals surface area contributed by atoms with Gasteiger partial charge in [-0.1, -0.05) is 6.07 Å². The lowest BCUT2D eigenvalue weighted by Gasteiger charge is -2.29. The Morgan fingerprint density at radius 1 is 1.39 bits per heavy atom. The lowest BCUT2D eigenvalue weighted by atomic mass is 9.78. The van der Waals surface area contributed by atoms with Gasteiger partial charge in [0.05, 0.1) is 10.5 Å². The first-order valence-corrected chi connectivity index (χ1v) is 6.39. The van der Waals surface area contributed by atoms with E-state index in [0.29, 0.717) is 0 Å². The first-order chi connectivity index (χ1) is 8.49. The van der Waals surface area contributed by atoms with Gasteiger partial charge in [0.2, 0.25) is 0 Å². The van der Waals surface area contributed by atoms with Gasteiger partial charge < -0.3 is 0 Å². The van der Waals surface area contributed by atoms with E-state index in [1.807, 2.05) is 6.07 Å². The molecule has 0 unspecified atom stereocenters. The van der Waals surface area contributed by atoms with E-state index in [1.54, 1.807) is 12.1 Å². The summed E-state index contributed by atoms with van der Waals surface area (Å²) in [5, 5.41) is 10.9. The summed E-state index contributed by atoms with van der Waals surface area (Å²) in [6.07, 6.45) is 2.21. The Kier molecular flexibility index (Phi) is 2.30. The van der Waals surface area contributed by atoms with Crippen LogP contribution in [0.1, 0.15) is 37.8 Å². The van der Waals surface area contributed by atoms with Gasteiger partial charge in [0.25, 0.3) is 5.69 Å². The Bertz CT molecular complexity index is 573. The number of hydrogen-bond acceptors (Lipinski definition) is 2. The first kappa shape index (κ1) is 11.4. The van der Waals surface area contributed by atoms with Crippen molar-refractivity contribution in [3.05, 3.63) is 39.4 Å². The Balaban J connectivity index is 2.22. The number of nitro benzene ring substituents is 1. The van der Waals surface area contributed by atoms with Crippen LogP contribution < -0.4 is 0 Å². The van der Waals surface area contributed by atoms with E-state index >= 15 is 0 Å². The predicted octanol–water partition coefficient (Wildman–Crippen LogP) is 2.48. The molecular weight excluding hydrogens is 228 g/mol. The number of non-ortho nitro benzene ring substituents is 1. The Morgan fingerprint density at radius 3 is 2.89 bits per heavy atom. The van der Waals surface area contributed by atoms with Crippen LogP contribution in [0.5, 0.6) is 0 Å². The molecule has 18 heavy (non-hydrogen) atoms. The van der Waals surface area contributed by atoms with E-state index in [9.17, 15) is 10.1 Å². The van der Waals surface area contributed by atoms with Gasteiger partial charge in [-0.3, -0.25) is 10.1 Å². The molecule has 0 fully saturated rings. The van der Waals surface area contributed by atoms with Gasteiger partial charge in [-0.15, -0.1) is 0 Å². The second-order valence-electron chi connectivity index (χ2n) is 5.84. The SMILES string of the molecule is CC1(C)C[N+]2=C(CCC2)c2cc([N+](=O)[O-])ccc21. The van der Waals surface area contributed by atoms with Crippen LogP contribution in [0.25, 0.3) is 0 Å². The number of hydrogen-bond donors (Lipinski definition) is 0. The fourth-order valence-corrected chi connectivity index (χ4v) is 3.25. The van der Waals surface area contributed by atoms with Crippen molar-refractivity contribution < 1.29 is 9.50 Å². The lowest BCUT2D eigenvalue weighted by molar-refractivity contribution is -0.530. The minimum Gasteiger partial charge on any atom is -0.258 e. The molecule has 0 N–H and O–H groups in total. The molecule has 0 spiro atoms. The molecule has 4 nitrogen and oxygen atoms in total. The normalized spacial score (nSPS) is 20.6. The van der Waals surface area contributed by atoms with Gasteiger partial charge in [-0.2, -0.15) is 0 Å². The van der Waals surface area contributed by atoms with E-state index in [2.05, 4.69) is 18.4 Å². The molecule has 1 aromatic rings. The van der Waals surface area contributed by atoms with Crippen LogP contribution >= 0.6 is 0 Å². The van der Waals surface area contributed by atoms with Crippen molar-refractivity contribution >= 4 is 11.4 Å². The Morgan fingerprint density at radius 2 is 2.17 bits per heavy atom. The number of rotatable bonds is 1. The molecule has 0 saturated carbocycles. The quantitative estimate of drug-likeness (QED) is 0.433. The molecule has 94 valence electrons. The van der Waals surface area contributed by atoms with Crippen LogP contribution in [0, 0.1) is 10.1 Å². The van der Waals surface area contributed by atoms with Gasteiger partial charge in [0.15, 0.2) is 12.3 Å². The molecule has 0 amide bonds. The molecule has 2 aliphatic rings. The van der Waals surface area contributed by atoms with E-state index in [1.165, 1.54) is 11.3 Å². The molecule has 0 bridgehead atoms. The zero-order chi connectivity index (χ0) is 12.9. The molecular formula is C14H17N2O2+. The van der Waals surface area contributed by atoms with Gasteiger partial charge >= 0.3 is 0 Å². The zero-order valence-corrected chi connectivity index (χ0v) is 10.8. The van der Waals surface area contributed by atoms with Crippen LogP contribution in [-0.2, 0) is 5.41 Å². The van der Waals surface area contributed by atoms with Gasteiger partial charge in [-0.25, -0.2) is 4.58 Å². The van der Waals surface area contributed by atoms with Crippen molar-refractivity contribution in [3.8, 4) is 0 Å². The zero-order valence-electron chi connectivity index (χ0n) is 10.8. The summed E-state index contributed by atoms with van der Waals surface area (Å²) < 4.78 is 2.39. The maximum absolute atomic E-state index is 10.9. The van der Waals surface area contributed by atoms with E-state index in [-0.39, 0.29) is 16.0 Å². The molecule has 0 aromatic heterocycles. The highest BCUT2D eigenvalue weighted by Crippen LogP contribution is 2.35. The molecule has 0 saturated heterocycles. The largest absolute Gasteiger partial charge is 0.270 e. The first-order valence-electron chi connectivity index (χ1n) is 6.39. The number of nitro groups is 1. The molecule has 0 radical (unpaired) electrons. The summed E-state index contributed by atoms with van der Waals surface area (Å²) >= 11 is 0. The molecule has 1 aromatic carbocycles. The van der Waals surface area contributed by atoms with Gasteiger partial charge in [-0.05, 0) is 19.4 Å². The van der Waals surface area contributed by atoms with Crippen molar-refractivity contribution in [1.29, 1.82) is 0 Å². The Labute approximate surface area is 106 Å². The molecule has 2 aliphatic heterocycles. The summed E-state index contributed by atoms with van der Waals surface area (Å²) in [7, 11) is 0. The molecule has 2 heterocycles. The van der Waals surface area contributed by atoms with Crippen LogP contribution in [0.3, 0.4) is 0 Å². The second kappa shape index (κ2) is 3.64. The van der Waals surface area contributed by atoms with Crippen molar-refractivity contribution in [2.24, 2.45) is 0 Å². The fraction of sp³-hybridized carbons (Fsp3) is 0.500. The minimum absolute atomic E-state index is 0.0678. The number of benzene rings is 1. The molecule has 0 atom stereocenters. The number of fused-ring (bicyclic) bond motifs is 2. The van der Waals surface area contributed by atoms with E-state index in [0.717, 1.165) is 31.5 Å². The van der Waals surface area contributed by atoms with Gasteiger partial charge in [0.1, 0.15) is 6.54 Å². The molecule has 3 rings (SSSR count). The summed E-state index contributed by atoms with van der Waals surface area (Å²) in [5.74, 6) is 0. The third kappa shape index (κ3) is 1.55. The standard InChI is InChI=1S/C14H17N2O2/c1-14(2)9-15-7-3-4-13(15)11-8-10(16(17)18)5-6-12(11)14/h5-6,8H,3-4,7,9H2,1-2H3/q+1. The highest BCUT2D eigenvalue weighted by molar-refractivity contribution is 6.00. The lowest BCUT2D eigenvalue weighted by Crippen LogP contribution is -2.38. The topological polar surface area (TPSA) is 46.1 Å². The Hall–Kier alpha value is -1.71. The van der Waals surface area contributed by atoms with Crippen molar-refractivity contribution in [1.82, 2.24) is 0 Å². The average Bonchev–Trinajstić information content (AvgIpc) is 2.75. The monoisotopic (exact) mass is 245 g/mol. The summed E-state index contributed by atoms with van der Waals surface area (Å²) in [6, 6.07) is 5.33. The van der Waals surface area contributed by atoms with Crippen molar-refractivity contribution in [2.75, 3.05) is 13.1 Å². The van der Waals surface area contributed by atoms with E-state index in [4.69, 9.17) is 0 Å². The molecule has 4 heteroatoms. The predicted molar refractivity (Wildman–Crippen MR) is 69.5 cm³/mol. The van der Waals surface area contributed by atoms with Crippen LogP contribution in [0.15, 0.2) is 18.2 Å². The third-order valence-corrected chi connectivity index (χ3v) is 4.06.